The number of hydrogen-bond donors (Lipinski definition) is 2. The van der Waals surface area contributed by atoms with E-state index in [4.69, 9.17) is 10.5 Å². The number of para-hydroxylation sites is 1. The number of rotatable bonds is 5. The molecule has 3 N–H and O–H groups in total. The highest BCUT2D eigenvalue weighted by Crippen LogP contribution is 2.39. The first kappa shape index (κ1) is 23.8. The van der Waals surface area contributed by atoms with Crippen molar-refractivity contribution in [3.8, 4) is 28.4 Å². The van der Waals surface area contributed by atoms with E-state index in [1.807, 2.05) is 0 Å². The van der Waals surface area contributed by atoms with E-state index in [1.165, 1.54) is 60.3 Å². The first-order chi connectivity index (χ1) is 17.6. The summed E-state index contributed by atoms with van der Waals surface area (Å²) in [4.78, 5) is 30.6. The van der Waals surface area contributed by atoms with Crippen LogP contribution >= 0.6 is 0 Å². The molecule has 0 saturated carbocycles. The molecule has 0 spiro atoms. The highest BCUT2D eigenvalue weighted by Gasteiger charge is 2.42. The van der Waals surface area contributed by atoms with Crippen LogP contribution in [0, 0.1) is 5.82 Å². The molecular formula is C24H16F4N6O3. The van der Waals surface area contributed by atoms with E-state index in [2.05, 4.69) is 15.1 Å². The van der Waals surface area contributed by atoms with Gasteiger partial charge in [-0.3, -0.25) is 14.3 Å². The number of aromatic nitrogens is 5. The van der Waals surface area contributed by atoms with Gasteiger partial charge in [0.1, 0.15) is 11.2 Å². The van der Waals surface area contributed by atoms with Gasteiger partial charge >= 0.3 is 11.9 Å². The van der Waals surface area contributed by atoms with Crippen molar-refractivity contribution in [3.05, 3.63) is 88.4 Å². The summed E-state index contributed by atoms with van der Waals surface area (Å²) in [6.07, 6.45) is -3.64. The monoisotopic (exact) mass is 512 g/mol. The van der Waals surface area contributed by atoms with Gasteiger partial charge in [0.05, 0.1) is 11.3 Å². The van der Waals surface area contributed by atoms with Gasteiger partial charge in [-0.1, -0.05) is 18.2 Å². The van der Waals surface area contributed by atoms with E-state index in [0.29, 0.717) is 4.68 Å². The number of carbonyl (C=O) groups excluding carboxylic acids is 1. The second-order valence-corrected chi connectivity index (χ2v) is 7.92. The van der Waals surface area contributed by atoms with E-state index in [-0.39, 0.29) is 33.9 Å². The maximum atomic E-state index is 15.1. The number of carbonyl (C=O) groups is 1. The Morgan fingerprint density at radius 2 is 1.81 bits per heavy atom. The van der Waals surface area contributed by atoms with E-state index in [1.54, 1.807) is 6.07 Å². The Balaban J connectivity index is 1.62. The molecule has 0 radical (unpaired) electrons. The molecule has 9 nitrogen and oxygen atoms in total. The molecule has 0 aliphatic rings. The fraction of sp³-hybridized carbons (Fsp3) is 0.0833. The van der Waals surface area contributed by atoms with Crippen LogP contribution in [-0.2, 0) is 13.2 Å². The lowest BCUT2D eigenvalue weighted by Gasteiger charge is -2.11. The summed E-state index contributed by atoms with van der Waals surface area (Å²) in [5.41, 5.74) is 2.55. The fourth-order valence-corrected chi connectivity index (χ4v) is 3.94. The van der Waals surface area contributed by atoms with Gasteiger partial charge in [-0.2, -0.15) is 18.3 Å². The molecule has 0 saturated heterocycles. The van der Waals surface area contributed by atoms with Crippen LogP contribution in [0.1, 0.15) is 16.1 Å². The molecule has 188 valence electrons. The number of aryl methyl sites for hydroxylation is 1. The van der Waals surface area contributed by atoms with Gasteiger partial charge in [-0.25, -0.2) is 18.9 Å². The van der Waals surface area contributed by atoms with Crippen molar-refractivity contribution in [2.24, 2.45) is 12.8 Å². The Hall–Kier alpha value is -4.94. The van der Waals surface area contributed by atoms with Crippen LogP contribution in [0.3, 0.4) is 0 Å². The number of hydrogen-bond acceptors (Lipinski definition) is 5. The number of fused-ring (bicyclic) bond motifs is 1. The molecule has 1 amide bonds. The fourth-order valence-electron chi connectivity index (χ4n) is 3.94. The summed E-state index contributed by atoms with van der Waals surface area (Å²) in [6.45, 7) is 0. The van der Waals surface area contributed by atoms with Crippen molar-refractivity contribution in [3.63, 3.8) is 0 Å². The highest BCUT2D eigenvalue weighted by molar-refractivity contribution is 6.00. The van der Waals surface area contributed by atoms with Gasteiger partial charge < -0.3 is 10.5 Å². The predicted molar refractivity (Wildman–Crippen MR) is 124 cm³/mol. The van der Waals surface area contributed by atoms with E-state index in [9.17, 15) is 22.8 Å². The Labute approximate surface area is 204 Å². The van der Waals surface area contributed by atoms with Gasteiger partial charge in [0.25, 0.3) is 5.91 Å². The first-order valence-corrected chi connectivity index (χ1v) is 10.6. The van der Waals surface area contributed by atoms with E-state index in [0.717, 1.165) is 6.07 Å². The molecule has 0 aliphatic carbocycles. The van der Waals surface area contributed by atoms with Crippen molar-refractivity contribution >= 4 is 17.1 Å². The van der Waals surface area contributed by atoms with Gasteiger partial charge in [0.15, 0.2) is 28.7 Å². The molecule has 0 fully saturated rings. The van der Waals surface area contributed by atoms with Gasteiger partial charge in [-0.05, 0) is 30.3 Å². The smallest absolute Gasteiger partial charge is 0.434 e. The number of amides is 1. The van der Waals surface area contributed by atoms with Crippen molar-refractivity contribution in [1.29, 1.82) is 0 Å². The molecule has 2 aromatic carbocycles. The molecule has 3 heterocycles. The zero-order valence-corrected chi connectivity index (χ0v) is 18.9. The van der Waals surface area contributed by atoms with Crippen molar-refractivity contribution in [1.82, 2.24) is 24.3 Å². The molecule has 0 atom stereocenters. The first-order valence-electron chi connectivity index (χ1n) is 10.6. The third kappa shape index (κ3) is 4.09. The number of primary amides is 1. The SMILES string of the molecule is Cn1c(=O)[nH]c2nccc(Oc3ccc(-c4nn(-c5ccccc5)c(C(F)(F)F)c4C(N)=O)cc3F)c21. The Morgan fingerprint density at radius 3 is 2.46 bits per heavy atom. The Morgan fingerprint density at radius 1 is 1.08 bits per heavy atom. The minimum Gasteiger partial charge on any atom is -0.452 e. The van der Waals surface area contributed by atoms with Crippen molar-refractivity contribution in [2.45, 2.75) is 6.18 Å². The van der Waals surface area contributed by atoms with E-state index >= 15 is 4.39 Å². The summed E-state index contributed by atoms with van der Waals surface area (Å²) in [7, 11) is 1.47. The molecule has 0 bridgehead atoms. The third-order valence-corrected chi connectivity index (χ3v) is 5.58. The Bertz CT molecular complexity index is 1720. The topological polar surface area (TPSA) is 121 Å². The zero-order chi connectivity index (χ0) is 26.5. The average molecular weight is 512 g/mol. The van der Waals surface area contributed by atoms with Gasteiger partial charge in [0, 0.05) is 24.9 Å². The number of imidazole rings is 1. The number of aromatic amines is 1. The van der Waals surface area contributed by atoms with E-state index < -0.39 is 40.5 Å². The lowest BCUT2D eigenvalue weighted by atomic mass is 10.0. The molecule has 3 aromatic heterocycles. The van der Waals surface area contributed by atoms with Crippen LogP contribution in [-0.4, -0.2) is 30.2 Å². The quantitative estimate of drug-likeness (QED) is 0.343. The minimum absolute atomic E-state index is 0.0304. The summed E-state index contributed by atoms with van der Waals surface area (Å²) in [6, 6.07) is 12.1. The molecule has 13 heteroatoms. The third-order valence-electron chi connectivity index (χ3n) is 5.58. The molecule has 5 rings (SSSR count). The normalized spacial score (nSPS) is 11.7. The predicted octanol–water partition coefficient (Wildman–Crippen LogP) is 4.16. The van der Waals surface area contributed by atoms with Crippen LogP contribution in [0.5, 0.6) is 11.5 Å². The number of alkyl halides is 3. The number of nitrogens with two attached hydrogens (primary N) is 1. The summed E-state index contributed by atoms with van der Waals surface area (Å²) in [5, 5.41) is 3.99. The second-order valence-electron chi connectivity index (χ2n) is 7.92. The Kier molecular flexibility index (Phi) is 5.54. The average Bonchev–Trinajstić information content (AvgIpc) is 3.40. The molecule has 0 aliphatic heterocycles. The maximum absolute atomic E-state index is 15.1. The number of H-pyrrole nitrogens is 1. The lowest BCUT2D eigenvalue weighted by molar-refractivity contribution is -0.143. The van der Waals surface area contributed by atoms with Crippen LogP contribution in [0.4, 0.5) is 17.6 Å². The highest BCUT2D eigenvalue weighted by atomic mass is 19.4. The number of halogens is 4. The standard InChI is InChI=1S/C24H16F4N6O3/c1-33-19-16(9-10-30-22(19)31-23(33)36)37-15-8-7-12(11-14(15)25)18-17(21(29)35)20(24(26,27)28)34(32-18)13-5-3-2-4-6-13/h2-11H,1H3,(H2,29,35)(H,30,31,36). The zero-order valence-electron chi connectivity index (χ0n) is 18.9. The number of nitrogens with zero attached hydrogens (tertiary/aromatic N) is 4. The minimum atomic E-state index is -4.99. The number of ether oxygens (including phenoxy) is 1. The van der Waals surface area contributed by atoms with Gasteiger partial charge in [-0.15, -0.1) is 0 Å². The number of benzene rings is 2. The van der Waals surface area contributed by atoms with Crippen LogP contribution < -0.4 is 16.2 Å². The largest absolute Gasteiger partial charge is 0.452 e. The van der Waals surface area contributed by atoms with Crippen LogP contribution in [0.25, 0.3) is 28.1 Å². The number of nitrogens with one attached hydrogen (secondary N) is 1. The molecular weight excluding hydrogens is 496 g/mol. The molecule has 5 aromatic rings. The second kappa shape index (κ2) is 8.62. The lowest BCUT2D eigenvalue weighted by Crippen LogP contribution is -2.21. The molecule has 0 unspecified atom stereocenters. The van der Waals surface area contributed by atoms with Gasteiger partial charge in [0.2, 0.25) is 0 Å². The maximum Gasteiger partial charge on any atom is 0.434 e. The van der Waals surface area contributed by atoms with Crippen LogP contribution in [0.15, 0.2) is 65.6 Å². The summed E-state index contributed by atoms with van der Waals surface area (Å²) < 4.78 is 64.7. The number of pyridine rings is 1. The molecule has 37 heavy (non-hydrogen) atoms. The van der Waals surface area contributed by atoms with Crippen molar-refractivity contribution in [2.75, 3.05) is 0 Å². The summed E-state index contributed by atoms with van der Waals surface area (Å²) in [5.74, 6) is -2.51. The summed E-state index contributed by atoms with van der Waals surface area (Å²) >= 11 is 0. The van der Waals surface area contributed by atoms with Crippen LogP contribution in [0.2, 0.25) is 0 Å². The van der Waals surface area contributed by atoms with Crippen molar-refractivity contribution < 1.29 is 27.1 Å².